The van der Waals surface area contributed by atoms with Crippen molar-refractivity contribution >= 4 is 5.96 Å². The first-order chi connectivity index (χ1) is 14.2. The molecule has 0 radical (unpaired) electrons. The summed E-state index contributed by atoms with van der Waals surface area (Å²) in [4.78, 5) is 4.78. The Hall–Kier alpha value is -2.61. The molecule has 1 aromatic heterocycles. The highest BCUT2D eigenvalue weighted by Crippen LogP contribution is 2.15. The van der Waals surface area contributed by atoms with Crippen molar-refractivity contribution in [2.45, 2.75) is 58.3 Å². The topological polar surface area (TPSA) is 85.6 Å². The van der Waals surface area contributed by atoms with E-state index in [4.69, 9.17) is 14.5 Å². The number of rotatable bonds is 9. The maximum atomic E-state index is 5.82. The Balaban J connectivity index is 1.61. The van der Waals surface area contributed by atoms with Gasteiger partial charge in [0.1, 0.15) is 17.9 Å². The summed E-state index contributed by atoms with van der Waals surface area (Å²) in [6, 6.07) is 8.18. The lowest BCUT2D eigenvalue weighted by molar-refractivity contribution is 0.0890. The fraction of sp³-hybridized carbons (Fsp3) is 0.571. The van der Waals surface area contributed by atoms with Gasteiger partial charge in [-0.05, 0) is 37.5 Å². The largest absolute Gasteiger partial charge is 0.497 e. The van der Waals surface area contributed by atoms with Crippen molar-refractivity contribution in [1.82, 2.24) is 25.4 Å². The van der Waals surface area contributed by atoms with Crippen LogP contribution < -0.4 is 15.4 Å². The third-order valence-corrected chi connectivity index (χ3v) is 5.12. The molecule has 0 saturated carbocycles. The second-order valence-corrected chi connectivity index (χ2v) is 7.22. The van der Waals surface area contributed by atoms with Crippen molar-refractivity contribution < 1.29 is 9.47 Å². The number of benzene rings is 1. The summed E-state index contributed by atoms with van der Waals surface area (Å²) in [6.45, 7) is 7.18. The Morgan fingerprint density at radius 1 is 1.38 bits per heavy atom. The Morgan fingerprint density at radius 3 is 2.90 bits per heavy atom. The minimum atomic E-state index is 0.195. The lowest BCUT2D eigenvalue weighted by Crippen LogP contribution is -2.47. The predicted molar refractivity (Wildman–Crippen MR) is 113 cm³/mol. The van der Waals surface area contributed by atoms with Gasteiger partial charge in [-0.25, -0.2) is 4.99 Å². The number of guanidine groups is 1. The van der Waals surface area contributed by atoms with Gasteiger partial charge in [0.15, 0.2) is 5.96 Å². The number of hydrogen-bond donors (Lipinski definition) is 2. The lowest BCUT2D eigenvalue weighted by Gasteiger charge is -2.23. The third kappa shape index (κ3) is 6.19. The van der Waals surface area contributed by atoms with E-state index < -0.39 is 0 Å². The minimum Gasteiger partial charge on any atom is -0.497 e. The van der Waals surface area contributed by atoms with E-state index in [1.807, 2.05) is 24.3 Å². The molecule has 8 heteroatoms. The van der Waals surface area contributed by atoms with Gasteiger partial charge in [0, 0.05) is 26.1 Å². The van der Waals surface area contributed by atoms with Gasteiger partial charge in [0.05, 0.1) is 25.8 Å². The summed E-state index contributed by atoms with van der Waals surface area (Å²) in [5.41, 5.74) is 1.13. The molecule has 1 saturated heterocycles. The van der Waals surface area contributed by atoms with Crippen LogP contribution in [0.15, 0.2) is 35.6 Å². The van der Waals surface area contributed by atoms with E-state index in [9.17, 15) is 0 Å². The summed E-state index contributed by atoms with van der Waals surface area (Å²) in [6.07, 6.45) is 5.08. The summed E-state index contributed by atoms with van der Waals surface area (Å²) < 4.78 is 13.1. The van der Waals surface area contributed by atoms with Gasteiger partial charge >= 0.3 is 0 Å². The Labute approximate surface area is 172 Å². The van der Waals surface area contributed by atoms with Crippen molar-refractivity contribution in [2.24, 2.45) is 4.99 Å². The Bertz CT molecular complexity index is 768. The molecule has 1 aliphatic rings. The number of aliphatic imine (C=N–C) groups is 1. The van der Waals surface area contributed by atoms with E-state index in [2.05, 4.69) is 39.2 Å². The number of ether oxygens (including phenoxy) is 2. The highest BCUT2D eigenvalue weighted by Gasteiger charge is 2.23. The van der Waals surface area contributed by atoms with Gasteiger partial charge in [0.2, 0.25) is 0 Å². The minimum absolute atomic E-state index is 0.195. The molecule has 0 bridgehead atoms. The lowest BCUT2D eigenvalue weighted by atomic mass is 10.1. The summed E-state index contributed by atoms with van der Waals surface area (Å²) in [5.74, 6) is 2.63. The molecule has 1 aromatic carbocycles. The highest BCUT2D eigenvalue weighted by molar-refractivity contribution is 5.80. The fourth-order valence-electron chi connectivity index (χ4n) is 3.39. The van der Waals surface area contributed by atoms with Gasteiger partial charge in [-0.2, -0.15) is 0 Å². The predicted octanol–water partition coefficient (Wildman–Crippen LogP) is 2.15. The second kappa shape index (κ2) is 10.8. The molecule has 2 N–H and O–H groups in total. The maximum absolute atomic E-state index is 5.82. The molecule has 2 aromatic rings. The van der Waals surface area contributed by atoms with Gasteiger partial charge in [-0.15, -0.1) is 10.2 Å². The first-order valence-corrected chi connectivity index (χ1v) is 10.4. The molecule has 2 unspecified atom stereocenters. The van der Waals surface area contributed by atoms with E-state index in [0.29, 0.717) is 6.54 Å². The Morgan fingerprint density at radius 2 is 2.21 bits per heavy atom. The van der Waals surface area contributed by atoms with Crippen LogP contribution in [0.25, 0.3) is 0 Å². The number of nitrogens with one attached hydrogen (secondary N) is 2. The van der Waals surface area contributed by atoms with Crippen LogP contribution >= 0.6 is 0 Å². The average molecular weight is 401 g/mol. The summed E-state index contributed by atoms with van der Waals surface area (Å²) in [7, 11) is 1.67. The summed E-state index contributed by atoms with van der Waals surface area (Å²) >= 11 is 0. The van der Waals surface area contributed by atoms with Crippen molar-refractivity contribution in [1.29, 1.82) is 0 Å². The van der Waals surface area contributed by atoms with E-state index in [0.717, 1.165) is 62.1 Å². The van der Waals surface area contributed by atoms with E-state index in [1.165, 1.54) is 0 Å². The van der Waals surface area contributed by atoms with Crippen molar-refractivity contribution in [2.75, 3.05) is 20.3 Å². The first kappa shape index (κ1) is 21.1. The van der Waals surface area contributed by atoms with Crippen LogP contribution in [0.4, 0.5) is 0 Å². The first-order valence-electron chi connectivity index (χ1n) is 10.4. The third-order valence-electron chi connectivity index (χ3n) is 5.12. The van der Waals surface area contributed by atoms with Crippen LogP contribution in [-0.4, -0.2) is 53.1 Å². The van der Waals surface area contributed by atoms with Gasteiger partial charge in [-0.3, -0.25) is 0 Å². The molecule has 29 heavy (non-hydrogen) atoms. The molecule has 3 rings (SSSR count). The summed E-state index contributed by atoms with van der Waals surface area (Å²) in [5, 5.41) is 15.1. The molecular formula is C21H32N6O2. The number of aromatic nitrogens is 3. The van der Waals surface area contributed by atoms with Crippen LogP contribution in [0.1, 0.15) is 38.1 Å². The van der Waals surface area contributed by atoms with Crippen molar-refractivity contribution in [3.63, 3.8) is 0 Å². The van der Waals surface area contributed by atoms with Crippen LogP contribution in [0.2, 0.25) is 0 Å². The molecule has 158 valence electrons. The molecule has 0 aliphatic carbocycles. The fourth-order valence-corrected chi connectivity index (χ4v) is 3.39. The van der Waals surface area contributed by atoms with Gasteiger partial charge in [-0.1, -0.05) is 19.1 Å². The quantitative estimate of drug-likeness (QED) is 0.496. The zero-order chi connectivity index (χ0) is 20.5. The van der Waals surface area contributed by atoms with E-state index in [1.54, 1.807) is 13.4 Å². The molecule has 0 amide bonds. The van der Waals surface area contributed by atoms with Crippen molar-refractivity contribution in [3.05, 3.63) is 42.0 Å². The van der Waals surface area contributed by atoms with Crippen molar-refractivity contribution in [3.8, 4) is 5.75 Å². The molecule has 2 atom stereocenters. The molecule has 2 heterocycles. The standard InChI is InChI=1S/C21H32N6O2/c1-4-20-26-24-15-27(20)12-11-22-21(25-16(2)19-6-5-13-29-19)23-14-17-7-9-18(28-3)10-8-17/h7-10,15-16,19H,4-6,11-14H2,1-3H3,(H2,22,23,25). The Kier molecular flexibility index (Phi) is 7.86. The van der Waals surface area contributed by atoms with Crippen LogP contribution in [-0.2, 0) is 24.2 Å². The maximum Gasteiger partial charge on any atom is 0.191 e. The molecular weight excluding hydrogens is 368 g/mol. The average Bonchev–Trinajstić information content (AvgIpc) is 3.44. The molecule has 0 spiro atoms. The smallest absolute Gasteiger partial charge is 0.191 e. The zero-order valence-electron chi connectivity index (χ0n) is 17.6. The number of methoxy groups -OCH3 is 1. The van der Waals surface area contributed by atoms with Crippen LogP contribution in [0.5, 0.6) is 5.75 Å². The van der Waals surface area contributed by atoms with Gasteiger partial charge < -0.3 is 24.7 Å². The van der Waals surface area contributed by atoms with Crippen LogP contribution in [0, 0.1) is 0 Å². The molecule has 1 aliphatic heterocycles. The molecule has 1 fully saturated rings. The number of aryl methyl sites for hydroxylation is 1. The van der Waals surface area contributed by atoms with E-state index in [-0.39, 0.29) is 12.1 Å². The van der Waals surface area contributed by atoms with Gasteiger partial charge in [0.25, 0.3) is 0 Å². The highest BCUT2D eigenvalue weighted by atomic mass is 16.5. The van der Waals surface area contributed by atoms with Crippen LogP contribution in [0.3, 0.4) is 0 Å². The number of nitrogens with zero attached hydrogens (tertiary/aromatic N) is 4. The monoisotopic (exact) mass is 400 g/mol. The SMILES string of the molecule is CCc1nncn1CCNC(=NCc1ccc(OC)cc1)NC(C)C1CCCO1. The second-order valence-electron chi connectivity index (χ2n) is 7.22. The zero-order valence-corrected chi connectivity index (χ0v) is 17.6. The molecule has 8 nitrogen and oxygen atoms in total. The normalized spacial score (nSPS) is 17.9. The number of hydrogen-bond acceptors (Lipinski definition) is 5. The van der Waals surface area contributed by atoms with E-state index >= 15 is 0 Å².